The zero-order chi connectivity index (χ0) is 51.4. The van der Waals surface area contributed by atoms with E-state index >= 15 is 0 Å². The molecule has 1 atom stereocenters. The minimum Gasteiger partial charge on any atom is -0.462 e. The Morgan fingerprint density at radius 1 is 0.296 bits per heavy atom. The molecule has 0 fully saturated rings. The van der Waals surface area contributed by atoms with Gasteiger partial charge >= 0.3 is 17.9 Å². The van der Waals surface area contributed by atoms with Crippen LogP contribution in [0.5, 0.6) is 0 Å². The molecule has 71 heavy (non-hydrogen) atoms. The van der Waals surface area contributed by atoms with Gasteiger partial charge in [0.15, 0.2) is 6.10 Å². The second kappa shape index (κ2) is 58.4. The molecule has 0 N–H and O–H groups in total. The highest BCUT2D eigenvalue weighted by Gasteiger charge is 2.19. The Hall–Kier alpha value is -4.19. The first kappa shape index (κ1) is 66.8. The van der Waals surface area contributed by atoms with Crippen LogP contribution in [0.25, 0.3) is 0 Å². The Labute approximate surface area is 437 Å². The molecule has 0 rings (SSSR count). The predicted molar refractivity (Wildman–Crippen MR) is 306 cm³/mol. The monoisotopic (exact) mass is 983 g/mol. The van der Waals surface area contributed by atoms with Crippen molar-refractivity contribution in [3.8, 4) is 0 Å². The quantitative estimate of drug-likeness (QED) is 0.0261. The standard InChI is InChI=1S/C65H106O6/c1-4-7-10-13-16-19-22-25-28-30-32-34-37-40-43-46-49-52-55-58-64(67)70-61-62(60-69-63(66)57-54-51-48-45-42-39-36-27-24-21-18-15-12-9-6-3)71-65(68)59-56-53-50-47-44-41-38-35-33-31-29-26-23-20-17-14-11-8-5-2/h9,12,16-21,25-29,32-36,42,45,62H,4-8,10-11,13-15,22-24,30-31,37-41,43-44,46-61H2,1-3H3/b12-9-,19-16-,20-17-,21-18-,28-25-,29-26-,34-32-,35-33-,36-27-,45-42-. The summed E-state index contributed by atoms with van der Waals surface area (Å²) < 4.78 is 16.8. The van der Waals surface area contributed by atoms with Gasteiger partial charge in [-0.05, 0) is 135 Å². The molecule has 0 aliphatic rings. The summed E-state index contributed by atoms with van der Waals surface area (Å²) in [5, 5.41) is 0. The summed E-state index contributed by atoms with van der Waals surface area (Å²) in [6, 6.07) is 0. The molecule has 0 saturated heterocycles. The summed E-state index contributed by atoms with van der Waals surface area (Å²) in [6.45, 7) is 6.41. The maximum Gasteiger partial charge on any atom is 0.306 e. The van der Waals surface area contributed by atoms with Crippen molar-refractivity contribution in [1.82, 2.24) is 0 Å². The van der Waals surface area contributed by atoms with Crippen LogP contribution in [0.3, 0.4) is 0 Å². The molecule has 0 radical (unpaired) electrons. The molecule has 0 bridgehead atoms. The lowest BCUT2D eigenvalue weighted by atomic mass is 10.1. The molecule has 0 aliphatic carbocycles. The van der Waals surface area contributed by atoms with Crippen LogP contribution in [-0.4, -0.2) is 37.2 Å². The molecule has 0 aromatic heterocycles. The van der Waals surface area contributed by atoms with E-state index in [1.165, 1.54) is 77.0 Å². The van der Waals surface area contributed by atoms with Gasteiger partial charge in [-0.2, -0.15) is 0 Å². The maximum absolute atomic E-state index is 12.9. The largest absolute Gasteiger partial charge is 0.462 e. The molecule has 0 aromatic rings. The van der Waals surface area contributed by atoms with E-state index < -0.39 is 6.10 Å². The van der Waals surface area contributed by atoms with E-state index in [1.54, 1.807) is 0 Å². The average molecular weight is 984 g/mol. The molecule has 1 unspecified atom stereocenters. The molecular weight excluding hydrogens is 877 g/mol. The molecular formula is C65H106O6. The predicted octanol–water partition coefficient (Wildman–Crippen LogP) is 19.6. The summed E-state index contributed by atoms with van der Waals surface area (Å²) in [5.74, 6) is -0.975. The second-order valence-corrected chi connectivity index (χ2v) is 18.8. The number of ether oxygens (including phenoxy) is 3. The zero-order valence-electron chi connectivity index (χ0n) is 45.9. The van der Waals surface area contributed by atoms with Gasteiger partial charge in [0.1, 0.15) is 13.2 Å². The summed E-state index contributed by atoms with van der Waals surface area (Å²) in [7, 11) is 0. The highest BCUT2D eigenvalue weighted by Crippen LogP contribution is 2.13. The number of unbranched alkanes of at least 4 members (excludes halogenated alkanes) is 20. The Kier molecular flexibility index (Phi) is 54.9. The molecule has 6 heteroatoms. The highest BCUT2D eigenvalue weighted by atomic mass is 16.6. The van der Waals surface area contributed by atoms with Crippen molar-refractivity contribution in [3.05, 3.63) is 122 Å². The Bertz CT molecular complexity index is 1500. The van der Waals surface area contributed by atoms with E-state index in [4.69, 9.17) is 14.2 Å². The van der Waals surface area contributed by atoms with Crippen LogP contribution in [0.2, 0.25) is 0 Å². The SMILES string of the molecule is CC/C=C\C/C=C\C/C=C\C/C=C\CCCCC(=O)OCC(COC(=O)CCCCCCCC/C=C\C/C=C\C/C=C\CCCCC)OC(=O)CCCCCCCC/C=C\C/C=C\C/C=C\CCCCC. The minimum atomic E-state index is -0.812. The fourth-order valence-corrected chi connectivity index (χ4v) is 7.56. The molecule has 0 saturated carbocycles. The third-order valence-electron chi connectivity index (χ3n) is 11.9. The normalized spacial score (nSPS) is 13.0. The third kappa shape index (κ3) is 56.6. The smallest absolute Gasteiger partial charge is 0.306 e. The fourth-order valence-electron chi connectivity index (χ4n) is 7.56. The molecule has 402 valence electrons. The van der Waals surface area contributed by atoms with Crippen molar-refractivity contribution in [1.29, 1.82) is 0 Å². The van der Waals surface area contributed by atoms with Gasteiger partial charge in [-0.15, -0.1) is 0 Å². The van der Waals surface area contributed by atoms with Crippen LogP contribution in [0.4, 0.5) is 0 Å². The van der Waals surface area contributed by atoms with Crippen molar-refractivity contribution in [2.45, 2.75) is 258 Å². The second-order valence-electron chi connectivity index (χ2n) is 18.8. The molecule has 6 nitrogen and oxygen atoms in total. The number of esters is 3. The third-order valence-corrected chi connectivity index (χ3v) is 11.9. The van der Waals surface area contributed by atoms with E-state index in [-0.39, 0.29) is 31.1 Å². The topological polar surface area (TPSA) is 78.9 Å². The van der Waals surface area contributed by atoms with Crippen LogP contribution < -0.4 is 0 Å². The van der Waals surface area contributed by atoms with Gasteiger partial charge in [0.25, 0.3) is 0 Å². The Morgan fingerprint density at radius 2 is 0.549 bits per heavy atom. The first-order valence-electron chi connectivity index (χ1n) is 29.0. The lowest BCUT2D eigenvalue weighted by Crippen LogP contribution is -2.30. The van der Waals surface area contributed by atoms with Gasteiger partial charge < -0.3 is 14.2 Å². The fraction of sp³-hybridized carbons (Fsp3) is 0.646. The van der Waals surface area contributed by atoms with E-state index in [0.29, 0.717) is 25.7 Å². The van der Waals surface area contributed by atoms with Gasteiger partial charge in [0.2, 0.25) is 0 Å². The van der Waals surface area contributed by atoms with Gasteiger partial charge in [-0.25, -0.2) is 0 Å². The molecule has 0 aromatic carbocycles. The Balaban J connectivity index is 4.51. The average Bonchev–Trinajstić information content (AvgIpc) is 3.37. The van der Waals surface area contributed by atoms with Crippen molar-refractivity contribution in [3.63, 3.8) is 0 Å². The first-order chi connectivity index (χ1) is 35.0. The lowest BCUT2D eigenvalue weighted by molar-refractivity contribution is -0.167. The molecule has 0 amide bonds. The lowest BCUT2D eigenvalue weighted by Gasteiger charge is -2.18. The van der Waals surface area contributed by atoms with Crippen molar-refractivity contribution < 1.29 is 28.6 Å². The first-order valence-corrected chi connectivity index (χ1v) is 29.0. The van der Waals surface area contributed by atoms with Crippen LogP contribution >= 0.6 is 0 Å². The number of hydrogen-bond acceptors (Lipinski definition) is 6. The molecule has 0 heterocycles. The maximum atomic E-state index is 12.9. The van der Waals surface area contributed by atoms with Crippen molar-refractivity contribution >= 4 is 17.9 Å². The van der Waals surface area contributed by atoms with Crippen LogP contribution in [0.15, 0.2) is 122 Å². The van der Waals surface area contributed by atoms with Gasteiger partial charge in [0, 0.05) is 19.3 Å². The number of carbonyl (C=O) groups excluding carboxylic acids is 3. The number of hydrogen-bond donors (Lipinski definition) is 0. The van der Waals surface area contributed by atoms with Crippen LogP contribution in [0.1, 0.15) is 252 Å². The molecule has 0 aliphatic heterocycles. The van der Waals surface area contributed by atoms with Crippen molar-refractivity contribution in [2.75, 3.05) is 13.2 Å². The van der Waals surface area contributed by atoms with E-state index in [9.17, 15) is 14.4 Å². The minimum absolute atomic E-state index is 0.107. The van der Waals surface area contributed by atoms with Gasteiger partial charge in [-0.1, -0.05) is 219 Å². The number of allylic oxidation sites excluding steroid dienone is 20. The number of rotatable bonds is 51. The highest BCUT2D eigenvalue weighted by molar-refractivity contribution is 5.71. The summed E-state index contributed by atoms with van der Waals surface area (Å²) in [6.07, 6.45) is 80.4. The van der Waals surface area contributed by atoms with Gasteiger partial charge in [0.05, 0.1) is 0 Å². The van der Waals surface area contributed by atoms with Crippen LogP contribution in [0, 0.1) is 0 Å². The van der Waals surface area contributed by atoms with E-state index in [0.717, 1.165) is 128 Å². The van der Waals surface area contributed by atoms with Gasteiger partial charge in [-0.3, -0.25) is 14.4 Å². The van der Waals surface area contributed by atoms with Crippen molar-refractivity contribution in [2.24, 2.45) is 0 Å². The molecule has 0 spiro atoms. The van der Waals surface area contributed by atoms with Crippen LogP contribution in [-0.2, 0) is 28.6 Å². The Morgan fingerprint density at radius 3 is 0.887 bits per heavy atom. The number of carbonyl (C=O) groups is 3. The van der Waals surface area contributed by atoms with E-state index in [2.05, 4.69) is 142 Å². The zero-order valence-corrected chi connectivity index (χ0v) is 45.9. The summed E-state index contributed by atoms with van der Waals surface area (Å²) in [4.78, 5) is 38.2. The summed E-state index contributed by atoms with van der Waals surface area (Å²) in [5.41, 5.74) is 0. The van der Waals surface area contributed by atoms with E-state index in [1.807, 2.05) is 0 Å². The summed E-state index contributed by atoms with van der Waals surface area (Å²) >= 11 is 0.